The van der Waals surface area contributed by atoms with Crippen LogP contribution in [0.5, 0.6) is 11.5 Å². The van der Waals surface area contributed by atoms with E-state index in [0.29, 0.717) is 5.92 Å². The molecule has 3 aliphatic rings. The number of benzene rings is 1. The lowest BCUT2D eigenvalue weighted by molar-refractivity contribution is -0.200. The summed E-state index contributed by atoms with van der Waals surface area (Å²) in [5.74, 6) is 1.97. The van der Waals surface area contributed by atoms with Crippen molar-refractivity contribution in [2.45, 2.75) is 38.5 Å². The first-order valence-corrected chi connectivity index (χ1v) is 10.1. The van der Waals surface area contributed by atoms with Gasteiger partial charge in [-0.15, -0.1) is 0 Å². The Hall–Kier alpha value is -2.05. The number of aryl methyl sites for hydroxylation is 1. The van der Waals surface area contributed by atoms with Crippen LogP contribution >= 0.6 is 0 Å². The van der Waals surface area contributed by atoms with Crippen LogP contribution in [0.15, 0.2) is 30.7 Å². The van der Waals surface area contributed by atoms with Gasteiger partial charge in [0.1, 0.15) is 5.60 Å². The van der Waals surface area contributed by atoms with Gasteiger partial charge in [-0.2, -0.15) is 0 Å². The normalized spacial score (nSPS) is 27.4. The lowest BCUT2D eigenvalue weighted by Crippen LogP contribution is -2.63. The number of methoxy groups -OCH3 is 1. The number of hydrogen-bond acceptors (Lipinski definition) is 5. The van der Waals surface area contributed by atoms with Crippen LogP contribution in [0, 0.1) is 11.3 Å². The smallest absolute Gasteiger partial charge is 0.167 e. The third kappa shape index (κ3) is 2.81. The highest BCUT2D eigenvalue weighted by molar-refractivity contribution is 5.50. The molecule has 0 saturated carbocycles. The van der Waals surface area contributed by atoms with Crippen LogP contribution in [0.4, 0.5) is 0 Å². The number of ether oxygens (including phenoxy) is 3. The summed E-state index contributed by atoms with van der Waals surface area (Å²) >= 11 is 0. The Labute approximate surface area is 166 Å². The standard InChI is InChI=1S/C22H29N3O3/c1-21(2)17-8-22(11-25(12-22)10-15-9-24(3)14-23-15)13-27-19(17)16-6-5-7-18(26-4)20(16)28-21/h5-7,9,14,17,19H,8,10-13H2,1-4H3/t17-,19+/m0/s1. The van der Waals surface area contributed by atoms with E-state index in [2.05, 4.69) is 36.0 Å². The average molecular weight is 383 g/mol. The Morgan fingerprint density at radius 1 is 1.29 bits per heavy atom. The largest absolute Gasteiger partial charge is 0.493 e. The molecule has 5 rings (SSSR count). The van der Waals surface area contributed by atoms with Crippen molar-refractivity contribution < 1.29 is 14.2 Å². The first kappa shape index (κ1) is 18.0. The molecule has 2 saturated heterocycles. The Kier molecular flexibility index (Phi) is 4.00. The van der Waals surface area contributed by atoms with E-state index in [1.54, 1.807) is 7.11 Å². The molecule has 0 N–H and O–H groups in total. The van der Waals surface area contributed by atoms with Gasteiger partial charge in [-0.3, -0.25) is 4.90 Å². The Bertz CT molecular complexity index is 885. The van der Waals surface area contributed by atoms with E-state index < -0.39 is 0 Å². The fourth-order valence-corrected chi connectivity index (χ4v) is 5.31. The number of aromatic nitrogens is 2. The second kappa shape index (κ2) is 6.22. The molecule has 1 spiro atoms. The molecule has 6 nitrogen and oxygen atoms in total. The highest BCUT2D eigenvalue weighted by Crippen LogP contribution is 2.56. The monoisotopic (exact) mass is 383 g/mol. The van der Waals surface area contributed by atoms with Gasteiger partial charge in [0.15, 0.2) is 11.5 Å². The van der Waals surface area contributed by atoms with Crippen molar-refractivity contribution in [3.8, 4) is 11.5 Å². The van der Waals surface area contributed by atoms with Gasteiger partial charge in [0.25, 0.3) is 0 Å². The third-order valence-corrected chi connectivity index (χ3v) is 6.64. The fourth-order valence-electron chi connectivity index (χ4n) is 5.31. The zero-order valence-corrected chi connectivity index (χ0v) is 17.1. The van der Waals surface area contributed by atoms with Crippen molar-refractivity contribution in [1.29, 1.82) is 0 Å². The lowest BCUT2D eigenvalue weighted by atomic mass is 9.64. The minimum absolute atomic E-state index is 0.0734. The van der Waals surface area contributed by atoms with E-state index in [1.165, 1.54) is 0 Å². The number of fused-ring (bicyclic) bond motifs is 3. The van der Waals surface area contributed by atoms with Crippen LogP contribution in [0.1, 0.15) is 37.6 Å². The molecular formula is C22H29N3O3. The second-order valence-corrected chi connectivity index (χ2v) is 9.30. The number of imidazole rings is 1. The van der Waals surface area contributed by atoms with Gasteiger partial charge in [0, 0.05) is 49.8 Å². The van der Waals surface area contributed by atoms with Crippen molar-refractivity contribution >= 4 is 0 Å². The molecule has 2 aromatic rings. The van der Waals surface area contributed by atoms with Crippen molar-refractivity contribution in [1.82, 2.24) is 14.5 Å². The third-order valence-electron chi connectivity index (χ3n) is 6.64. The van der Waals surface area contributed by atoms with Gasteiger partial charge in [-0.25, -0.2) is 4.98 Å². The summed E-state index contributed by atoms with van der Waals surface area (Å²) in [5.41, 5.74) is 2.20. The zero-order chi connectivity index (χ0) is 19.5. The molecule has 1 aromatic carbocycles. The van der Waals surface area contributed by atoms with Crippen LogP contribution in [-0.4, -0.2) is 46.9 Å². The molecule has 2 fully saturated rings. The van der Waals surface area contributed by atoms with E-state index in [4.69, 9.17) is 14.2 Å². The topological polar surface area (TPSA) is 48.8 Å². The minimum Gasteiger partial charge on any atom is -0.493 e. The molecule has 6 heteroatoms. The molecule has 2 atom stereocenters. The van der Waals surface area contributed by atoms with E-state index >= 15 is 0 Å². The van der Waals surface area contributed by atoms with Gasteiger partial charge < -0.3 is 18.8 Å². The predicted molar refractivity (Wildman–Crippen MR) is 105 cm³/mol. The second-order valence-electron chi connectivity index (χ2n) is 9.30. The number of para-hydroxylation sites is 1. The van der Waals surface area contributed by atoms with Crippen LogP contribution < -0.4 is 9.47 Å². The van der Waals surface area contributed by atoms with E-state index in [1.807, 2.05) is 30.1 Å². The summed E-state index contributed by atoms with van der Waals surface area (Å²) in [5, 5.41) is 0. The summed E-state index contributed by atoms with van der Waals surface area (Å²) in [7, 11) is 3.71. The van der Waals surface area contributed by atoms with Gasteiger partial charge in [0.2, 0.25) is 0 Å². The van der Waals surface area contributed by atoms with E-state index in [0.717, 1.165) is 55.4 Å². The Morgan fingerprint density at radius 2 is 2.11 bits per heavy atom. The van der Waals surface area contributed by atoms with Crippen LogP contribution in [0.3, 0.4) is 0 Å². The fraction of sp³-hybridized carbons (Fsp3) is 0.591. The van der Waals surface area contributed by atoms with Gasteiger partial charge in [-0.05, 0) is 26.3 Å². The Morgan fingerprint density at radius 3 is 2.82 bits per heavy atom. The first-order chi connectivity index (χ1) is 13.4. The van der Waals surface area contributed by atoms with Crippen LogP contribution in [-0.2, 0) is 18.3 Å². The molecule has 0 amide bonds. The predicted octanol–water partition coefficient (Wildman–Crippen LogP) is 3.18. The molecule has 1 aromatic heterocycles. The summed E-state index contributed by atoms with van der Waals surface area (Å²) in [6.07, 6.45) is 5.16. The number of nitrogens with zero attached hydrogens (tertiary/aromatic N) is 3. The van der Waals surface area contributed by atoms with Crippen molar-refractivity contribution in [2.75, 3.05) is 26.8 Å². The molecule has 3 aliphatic heterocycles. The molecular weight excluding hydrogens is 354 g/mol. The molecule has 0 bridgehead atoms. The maximum Gasteiger partial charge on any atom is 0.167 e. The first-order valence-electron chi connectivity index (χ1n) is 10.1. The van der Waals surface area contributed by atoms with Crippen LogP contribution in [0.25, 0.3) is 0 Å². The van der Waals surface area contributed by atoms with Gasteiger partial charge in [-0.1, -0.05) is 12.1 Å². The van der Waals surface area contributed by atoms with Crippen molar-refractivity contribution in [3.05, 3.63) is 42.0 Å². The average Bonchev–Trinajstić information content (AvgIpc) is 3.05. The molecule has 4 heterocycles. The molecule has 0 unspecified atom stereocenters. The van der Waals surface area contributed by atoms with Crippen molar-refractivity contribution in [3.63, 3.8) is 0 Å². The lowest BCUT2D eigenvalue weighted by Gasteiger charge is -2.58. The summed E-state index contributed by atoms with van der Waals surface area (Å²) < 4.78 is 20.5. The summed E-state index contributed by atoms with van der Waals surface area (Å²) in [4.78, 5) is 6.93. The van der Waals surface area contributed by atoms with E-state index in [9.17, 15) is 0 Å². The molecule has 150 valence electrons. The van der Waals surface area contributed by atoms with Gasteiger partial charge in [0.05, 0.1) is 31.8 Å². The maximum absolute atomic E-state index is 6.52. The maximum atomic E-state index is 6.52. The number of likely N-dealkylation sites (tertiary alicyclic amines) is 1. The van der Waals surface area contributed by atoms with E-state index in [-0.39, 0.29) is 17.1 Å². The Balaban J connectivity index is 1.33. The number of rotatable bonds is 3. The zero-order valence-electron chi connectivity index (χ0n) is 17.1. The highest BCUT2D eigenvalue weighted by Gasteiger charge is 2.56. The van der Waals surface area contributed by atoms with Crippen molar-refractivity contribution in [2.24, 2.45) is 18.4 Å². The molecule has 0 aliphatic carbocycles. The number of hydrogen-bond donors (Lipinski definition) is 0. The molecule has 0 radical (unpaired) electrons. The van der Waals surface area contributed by atoms with Gasteiger partial charge >= 0.3 is 0 Å². The minimum atomic E-state index is -0.291. The summed E-state index contributed by atoms with van der Waals surface area (Å²) in [6, 6.07) is 6.11. The quantitative estimate of drug-likeness (QED) is 0.815. The molecule has 28 heavy (non-hydrogen) atoms. The van der Waals surface area contributed by atoms with Crippen LogP contribution in [0.2, 0.25) is 0 Å². The summed E-state index contributed by atoms with van der Waals surface area (Å²) in [6.45, 7) is 8.22. The highest BCUT2D eigenvalue weighted by atomic mass is 16.5. The SMILES string of the molecule is COc1cccc2c1OC(C)(C)[C@H]1CC3(CO[C@H]21)CN(Cc1cn(C)cn1)C3.